The lowest BCUT2D eigenvalue weighted by molar-refractivity contribution is -0.294. The number of benzene rings is 1. The molecule has 1 aromatic carbocycles. The number of hydrogen-bond donors (Lipinski definition) is 1. The van der Waals surface area contributed by atoms with Gasteiger partial charge in [-0.2, -0.15) is 10.1 Å². The topological polar surface area (TPSA) is 101 Å². The van der Waals surface area contributed by atoms with E-state index in [0.29, 0.717) is 5.52 Å². The number of carbonyl (C=O) groups excluding carboxylic acids is 2. The van der Waals surface area contributed by atoms with E-state index in [4.69, 9.17) is 0 Å². The lowest BCUT2D eigenvalue weighted by atomic mass is 10.2. The molecule has 0 saturated carbocycles. The summed E-state index contributed by atoms with van der Waals surface area (Å²) in [5.41, 5.74) is 1.28. The van der Waals surface area contributed by atoms with Crippen LogP contribution in [0.5, 0.6) is 0 Å². The van der Waals surface area contributed by atoms with Gasteiger partial charge in [0.05, 0.1) is 22.7 Å². The molecule has 19 heavy (non-hydrogen) atoms. The fourth-order valence-electron chi connectivity index (χ4n) is 1.91. The number of aromatic nitrogens is 2. The minimum absolute atomic E-state index is 0.0733. The van der Waals surface area contributed by atoms with Gasteiger partial charge in [-0.25, -0.2) is 4.98 Å². The third kappa shape index (κ3) is 1.95. The van der Waals surface area contributed by atoms with E-state index in [1.807, 2.05) is 18.2 Å². The predicted octanol–water partition coefficient (Wildman–Crippen LogP) is -0.204. The van der Waals surface area contributed by atoms with Gasteiger partial charge in [-0.15, -0.1) is 0 Å². The number of carboxylic acid groups (broad SMARTS) is 1. The maximum absolute atomic E-state index is 11.8. The molecule has 0 fully saturated rings. The number of hydrazone groups is 1. The maximum Gasteiger partial charge on any atom is 0.250 e. The first-order chi connectivity index (χ1) is 9.15. The fourth-order valence-corrected chi connectivity index (χ4v) is 1.91. The number of hydrogen-bond acceptors (Lipinski definition) is 5. The molecule has 0 spiro atoms. The Morgan fingerprint density at radius 3 is 2.84 bits per heavy atom. The molecule has 3 rings (SSSR count). The van der Waals surface area contributed by atoms with Crippen LogP contribution in [0.3, 0.4) is 0 Å². The van der Waals surface area contributed by atoms with Gasteiger partial charge in [0.15, 0.2) is 0 Å². The number of anilines is 1. The first kappa shape index (κ1) is 11.4. The second kappa shape index (κ2) is 4.20. The minimum Gasteiger partial charge on any atom is -0.543 e. The molecule has 1 N–H and O–H groups in total. The zero-order chi connectivity index (χ0) is 13.4. The Labute approximate surface area is 107 Å². The van der Waals surface area contributed by atoms with Gasteiger partial charge in [-0.05, 0) is 12.1 Å². The zero-order valence-corrected chi connectivity index (χ0v) is 9.79. The van der Waals surface area contributed by atoms with Crippen LogP contribution < -0.4 is 10.1 Å². The van der Waals surface area contributed by atoms with Crippen molar-refractivity contribution in [3.63, 3.8) is 0 Å². The van der Waals surface area contributed by atoms with Gasteiger partial charge in [0.2, 0.25) is 11.9 Å². The number of para-hydroxylation sites is 2. The molecule has 96 valence electrons. The Bertz CT molecular complexity index is 671. The van der Waals surface area contributed by atoms with E-state index in [0.717, 1.165) is 10.5 Å². The van der Waals surface area contributed by atoms with Crippen molar-refractivity contribution >= 4 is 34.6 Å². The van der Waals surface area contributed by atoms with Gasteiger partial charge in [0, 0.05) is 12.8 Å². The van der Waals surface area contributed by atoms with E-state index in [1.54, 1.807) is 6.07 Å². The number of fused-ring (bicyclic) bond motifs is 1. The van der Waals surface area contributed by atoms with E-state index < -0.39 is 5.97 Å². The average Bonchev–Trinajstić information content (AvgIpc) is 2.82. The van der Waals surface area contributed by atoms with Crippen molar-refractivity contribution < 1.29 is 14.7 Å². The Balaban J connectivity index is 2.06. The van der Waals surface area contributed by atoms with E-state index in [-0.39, 0.29) is 30.4 Å². The van der Waals surface area contributed by atoms with Gasteiger partial charge in [-0.3, -0.25) is 4.79 Å². The van der Waals surface area contributed by atoms with E-state index >= 15 is 0 Å². The molecule has 1 aliphatic rings. The molecule has 7 nitrogen and oxygen atoms in total. The summed E-state index contributed by atoms with van der Waals surface area (Å²) >= 11 is 0. The average molecular weight is 257 g/mol. The smallest absolute Gasteiger partial charge is 0.250 e. The molecule has 2 aromatic rings. The van der Waals surface area contributed by atoms with E-state index in [2.05, 4.69) is 15.1 Å². The molecule has 0 saturated heterocycles. The highest BCUT2D eigenvalue weighted by Crippen LogP contribution is 2.20. The summed E-state index contributed by atoms with van der Waals surface area (Å²) in [6, 6.07) is 7.25. The number of imidazole rings is 1. The van der Waals surface area contributed by atoms with Crippen molar-refractivity contribution in [2.75, 3.05) is 5.01 Å². The van der Waals surface area contributed by atoms with E-state index in [9.17, 15) is 14.7 Å². The van der Waals surface area contributed by atoms with Crippen molar-refractivity contribution in [1.29, 1.82) is 0 Å². The van der Waals surface area contributed by atoms with Crippen LogP contribution in [0.15, 0.2) is 29.4 Å². The molecule has 0 aliphatic carbocycles. The van der Waals surface area contributed by atoms with Crippen LogP contribution in [0.1, 0.15) is 12.8 Å². The van der Waals surface area contributed by atoms with Crippen molar-refractivity contribution in [3.05, 3.63) is 24.3 Å². The van der Waals surface area contributed by atoms with E-state index in [1.165, 1.54) is 0 Å². The second-order valence-electron chi connectivity index (χ2n) is 4.12. The molecule has 0 radical (unpaired) electrons. The summed E-state index contributed by atoms with van der Waals surface area (Å²) in [5.74, 6) is -1.46. The lowest BCUT2D eigenvalue weighted by Gasteiger charge is -2.21. The number of aliphatic carboxylic acids is 1. The van der Waals surface area contributed by atoms with Crippen LogP contribution in [0, 0.1) is 0 Å². The fraction of sp³-hybridized carbons (Fsp3) is 0.167. The van der Waals surface area contributed by atoms with Crippen molar-refractivity contribution in [2.24, 2.45) is 5.10 Å². The molecule has 0 bridgehead atoms. The first-order valence-corrected chi connectivity index (χ1v) is 5.71. The van der Waals surface area contributed by atoms with Crippen LogP contribution in [0.4, 0.5) is 5.95 Å². The Hall–Kier alpha value is -2.70. The van der Waals surface area contributed by atoms with Gasteiger partial charge in [0.1, 0.15) is 0 Å². The van der Waals surface area contributed by atoms with Crippen molar-refractivity contribution in [1.82, 2.24) is 9.97 Å². The standard InChI is InChI=1S/C12H10N4O3/c17-10-6-5-9(11(18)19)15-16(10)12-13-7-3-1-2-4-8(7)14-12/h1-4H,5-6H2,(H,13,14)(H,18,19)/p-1. The summed E-state index contributed by atoms with van der Waals surface area (Å²) in [5, 5.41) is 15.6. The molecule has 0 unspecified atom stereocenters. The third-order valence-electron chi connectivity index (χ3n) is 2.85. The number of carbonyl (C=O) groups is 2. The summed E-state index contributed by atoms with van der Waals surface area (Å²) in [6.07, 6.45) is 0.155. The molecule has 1 amide bonds. The summed E-state index contributed by atoms with van der Waals surface area (Å²) in [4.78, 5) is 29.7. The van der Waals surface area contributed by atoms with Crippen LogP contribution in [0.25, 0.3) is 11.0 Å². The Kier molecular flexibility index (Phi) is 2.52. The maximum atomic E-state index is 11.8. The first-order valence-electron chi connectivity index (χ1n) is 5.71. The quantitative estimate of drug-likeness (QED) is 0.804. The SMILES string of the molecule is O=C([O-])C1=NN(c2nc3ccccc3[nH]2)C(=O)CC1. The third-order valence-corrected chi connectivity index (χ3v) is 2.85. The number of nitrogens with one attached hydrogen (secondary N) is 1. The van der Waals surface area contributed by atoms with Crippen molar-refractivity contribution in [3.8, 4) is 0 Å². The van der Waals surface area contributed by atoms with Gasteiger partial charge in [0.25, 0.3) is 0 Å². The molecule has 0 atom stereocenters. The van der Waals surface area contributed by atoms with Gasteiger partial charge < -0.3 is 14.9 Å². The summed E-state index contributed by atoms with van der Waals surface area (Å²) in [7, 11) is 0. The predicted molar refractivity (Wildman–Crippen MR) is 65.3 cm³/mol. The molecule has 7 heteroatoms. The number of amides is 1. The molecular weight excluding hydrogens is 248 g/mol. The Morgan fingerprint density at radius 1 is 1.32 bits per heavy atom. The number of aromatic amines is 1. The number of carboxylic acids is 1. The number of H-pyrrole nitrogens is 1. The number of rotatable bonds is 2. The molecule has 1 aromatic heterocycles. The zero-order valence-electron chi connectivity index (χ0n) is 9.79. The van der Waals surface area contributed by atoms with Gasteiger partial charge in [-0.1, -0.05) is 12.1 Å². The summed E-state index contributed by atoms with van der Waals surface area (Å²) < 4.78 is 0. The highest BCUT2D eigenvalue weighted by Gasteiger charge is 2.24. The number of nitrogens with zero attached hydrogens (tertiary/aromatic N) is 3. The minimum atomic E-state index is -1.37. The Morgan fingerprint density at radius 2 is 2.11 bits per heavy atom. The van der Waals surface area contributed by atoms with Crippen molar-refractivity contribution in [2.45, 2.75) is 12.8 Å². The van der Waals surface area contributed by atoms with Gasteiger partial charge >= 0.3 is 0 Å². The second-order valence-corrected chi connectivity index (χ2v) is 4.12. The van der Waals surface area contributed by atoms with Crippen LogP contribution >= 0.6 is 0 Å². The normalized spacial score (nSPS) is 15.7. The van der Waals surface area contributed by atoms with Crippen LogP contribution in [-0.2, 0) is 9.59 Å². The highest BCUT2D eigenvalue weighted by molar-refractivity contribution is 6.36. The summed E-state index contributed by atoms with van der Waals surface area (Å²) in [6.45, 7) is 0. The highest BCUT2D eigenvalue weighted by atomic mass is 16.4. The molecular formula is C12H9N4O3-. The molecule has 2 heterocycles. The van der Waals surface area contributed by atoms with Crippen LogP contribution in [0.2, 0.25) is 0 Å². The lowest BCUT2D eigenvalue weighted by Crippen LogP contribution is -2.40. The van der Waals surface area contributed by atoms with Crippen LogP contribution in [-0.4, -0.2) is 27.6 Å². The molecule has 1 aliphatic heterocycles. The largest absolute Gasteiger partial charge is 0.543 e. The monoisotopic (exact) mass is 257 g/mol.